The van der Waals surface area contributed by atoms with Gasteiger partial charge in [-0.2, -0.15) is 0 Å². The summed E-state index contributed by atoms with van der Waals surface area (Å²) in [5, 5.41) is 7.13. The molecule has 1 aromatic carbocycles. The highest BCUT2D eigenvalue weighted by Gasteiger charge is 2.15. The van der Waals surface area contributed by atoms with Gasteiger partial charge in [-0.15, -0.1) is 0 Å². The van der Waals surface area contributed by atoms with Gasteiger partial charge in [0, 0.05) is 6.04 Å². The first kappa shape index (κ1) is 13.6. The fraction of sp³-hybridized carbons (Fsp3) is 0.625. The van der Waals surface area contributed by atoms with Gasteiger partial charge in [0.2, 0.25) is 0 Å². The van der Waals surface area contributed by atoms with E-state index in [1.807, 2.05) is 0 Å². The Labute approximate surface area is 111 Å². The van der Waals surface area contributed by atoms with Crippen LogP contribution in [-0.2, 0) is 0 Å². The highest BCUT2D eigenvalue weighted by atomic mass is 14.9. The Morgan fingerprint density at radius 1 is 1.28 bits per heavy atom. The zero-order valence-electron chi connectivity index (χ0n) is 11.9. The molecule has 1 heterocycles. The van der Waals surface area contributed by atoms with Crippen LogP contribution in [0.25, 0.3) is 0 Å². The molecule has 0 bridgehead atoms. The molecule has 1 fully saturated rings. The topological polar surface area (TPSA) is 24.1 Å². The number of hydrogen-bond acceptors (Lipinski definition) is 2. The second-order valence-electron chi connectivity index (χ2n) is 5.68. The van der Waals surface area contributed by atoms with E-state index in [-0.39, 0.29) is 0 Å². The number of aryl methyl sites for hydroxylation is 2. The monoisotopic (exact) mass is 246 g/mol. The molecule has 0 amide bonds. The van der Waals surface area contributed by atoms with Crippen molar-refractivity contribution in [2.45, 2.75) is 39.7 Å². The summed E-state index contributed by atoms with van der Waals surface area (Å²) in [4.78, 5) is 0. The van der Waals surface area contributed by atoms with Gasteiger partial charge in [-0.25, -0.2) is 0 Å². The standard InChI is InChI=1S/C16H26N2/c1-12-4-5-13(2)16(10-12)14(3)18-11-15-6-8-17-9-7-15/h4-5,10,14-15,17-18H,6-9,11H2,1-3H3. The summed E-state index contributed by atoms with van der Waals surface area (Å²) < 4.78 is 0. The predicted molar refractivity (Wildman–Crippen MR) is 77.9 cm³/mol. The van der Waals surface area contributed by atoms with Gasteiger partial charge in [0.15, 0.2) is 0 Å². The molecule has 0 spiro atoms. The Morgan fingerprint density at radius 2 is 2.00 bits per heavy atom. The van der Waals surface area contributed by atoms with Gasteiger partial charge in [0.25, 0.3) is 0 Å². The molecule has 0 radical (unpaired) electrons. The molecule has 2 nitrogen and oxygen atoms in total. The quantitative estimate of drug-likeness (QED) is 0.853. The van der Waals surface area contributed by atoms with Gasteiger partial charge >= 0.3 is 0 Å². The van der Waals surface area contributed by atoms with Crippen molar-refractivity contribution in [2.75, 3.05) is 19.6 Å². The lowest BCUT2D eigenvalue weighted by molar-refractivity contribution is 0.344. The highest BCUT2D eigenvalue weighted by Crippen LogP contribution is 2.20. The normalized spacial score (nSPS) is 18.8. The van der Waals surface area contributed by atoms with E-state index >= 15 is 0 Å². The SMILES string of the molecule is Cc1ccc(C)c(C(C)NCC2CCNCC2)c1. The molecule has 1 aromatic rings. The van der Waals surface area contributed by atoms with Crippen LogP contribution in [0.4, 0.5) is 0 Å². The summed E-state index contributed by atoms with van der Waals surface area (Å²) in [6, 6.07) is 7.20. The van der Waals surface area contributed by atoms with Crippen LogP contribution in [0.5, 0.6) is 0 Å². The second-order valence-corrected chi connectivity index (χ2v) is 5.68. The van der Waals surface area contributed by atoms with Crippen LogP contribution in [0.2, 0.25) is 0 Å². The molecular formula is C16H26N2. The van der Waals surface area contributed by atoms with E-state index < -0.39 is 0 Å². The van der Waals surface area contributed by atoms with Crippen molar-refractivity contribution in [3.63, 3.8) is 0 Å². The maximum absolute atomic E-state index is 3.71. The Morgan fingerprint density at radius 3 is 2.72 bits per heavy atom. The number of hydrogen-bond donors (Lipinski definition) is 2. The van der Waals surface area contributed by atoms with E-state index in [4.69, 9.17) is 0 Å². The van der Waals surface area contributed by atoms with Crippen LogP contribution in [0.1, 0.15) is 42.5 Å². The third-order valence-corrected chi connectivity index (χ3v) is 4.07. The fourth-order valence-corrected chi connectivity index (χ4v) is 2.77. The largest absolute Gasteiger partial charge is 0.317 e. The molecule has 1 aliphatic heterocycles. The van der Waals surface area contributed by atoms with Gasteiger partial charge < -0.3 is 10.6 Å². The summed E-state index contributed by atoms with van der Waals surface area (Å²) in [7, 11) is 0. The van der Waals surface area contributed by atoms with Crippen LogP contribution in [0.15, 0.2) is 18.2 Å². The summed E-state index contributed by atoms with van der Waals surface area (Å²) >= 11 is 0. The Kier molecular flexibility index (Phi) is 4.79. The van der Waals surface area contributed by atoms with Crippen molar-refractivity contribution >= 4 is 0 Å². The van der Waals surface area contributed by atoms with Crippen molar-refractivity contribution in [3.8, 4) is 0 Å². The molecule has 2 rings (SSSR count). The fourth-order valence-electron chi connectivity index (χ4n) is 2.77. The van der Waals surface area contributed by atoms with Crippen molar-refractivity contribution < 1.29 is 0 Å². The van der Waals surface area contributed by atoms with E-state index in [0.29, 0.717) is 6.04 Å². The average Bonchev–Trinajstić information content (AvgIpc) is 2.40. The maximum Gasteiger partial charge on any atom is 0.0294 e. The van der Waals surface area contributed by atoms with Gasteiger partial charge in [-0.3, -0.25) is 0 Å². The number of benzene rings is 1. The van der Waals surface area contributed by atoms with Crippen molar-refractivity contribution in [1.29, 1.82) is 0 Å². The number of rotatable bonds is 4. The molecular weight excluding hydrogens is 220 g/mol. The average molecular weight is 246 g/mol. The Bertz CT molecular complexity index is 381. The van der Waals surface area contributed by atoms with Crippen molar-refractivity contribution in [3.05, 3.63) is 34.9 Å². The summed E-state index contributed by atoms with van der Waals surface area (Å²) in [6.07, 6.45) is 2.62. The summed E-state index contributed by atoms with van der Waals surface area (Å²) in [6.45, 7) is 10.2. The minimum absolute atomic E-state index is 0.458. The van der Waals surface area contributed by atoms with Gasteiger partial charge in [0.1, 0.15) is 0 Å². The lowest BCUT2D eigenvalue weighted by Gasteiger charge is -2.25. The third kappa shape index (κ3) is 3.56. The zero-order valence-corrected chi connectivity index (χ0v) is 11.9. The minimum atomic E-state index is 0.458. The van der Waals surface area contributed by atoms with Crippen LogP contribution in [-0.4, -0.2) is 19.6 Å². The smallest absolute Gasteiger partial charge is 0.0294 e. The first-order chi connectivity index (χ1) is 8.66. The van der Waals surface area contributed by atoms with Gasteiger partial charge in [-0.1, -0.05) is 23.8 Å². The lowest BCUT2D eigenvalue weighted by Crippen LogP contribution is -2.34. The molecule has 18 heavy (non-hydrogen) atoms. The van der Waals surface area contributed by atoms with Crippen LogP contribution in [0.3, 0.4) is 0 Å². The number of nitrogens with one attached hydrogen (secondary N) is 2. The molecule has 1 atom stereocenters. The molecule has 100 valence electrons. The van der Waals surface area contributed by atoms with Crippen LogP contribution >= 0.6 is 0 Å². The van der Waals surface area contributed by atoms with Crippen LogP contribution in [0, 0.1) is 19.8 Å². The zero-order chi connectivity index (χ0) is 13.0. The van der Waals surface area contributed by atoms with Crippen molar-refractivity contribution in [2.24, 2.45) is 5.92 Å². The molecule has 0 saturated carbocycles. The van der Waals surface area contributed by atoms with Gasteiger partial charge in [0.05, 0.1) is 0 Å². The molecule has 0 aliphatic carbocycles. The summed E-state index contributed by atoms with van der Waals surface area (Å²) in [5.74, 6) is 0.846. The first-order valence-corrected chi connectivity index (χ1v) is 7.18. The Balaban J connectivity index is 1.90. The minimum Gasteiger partial charge on any atom is -0.317 e. The molecule has 1 saturated heterocycles. The van der Waals surface area contributed by atoms with Crippen LogP contribution < -0.4 is 10.6 Å². The first-order valence-electron chi connectivity index (χ1n) is 7.18. The molecule has 1 aliphatic rings. The molecule has 2 N–H and O–H groups in total. The summed E-state index contributed by atoms with van der Waals surface area (Å²) in [5.41, 5.74) is 4.20. The molecule has 1 unspecified atom stereocenters. The number of piperidine rings is 1. The van der Waals surface area contributed by atoms with E-state index in [0.717, 1.165) is 12.5 Å². The highest BCUT2D eigenvalue weighted by molar-refractivity contribution is 5.32. The van der Waals surface area contributed by atoms with Crippen molar-refractivity contribution in [1.82, 2.24) is 10.6 Å². The van der Waals surface area contributed by atoms with Gasteiger partial charge in [-0.05, 0) is 70.3 Å². The molecule has 0 aromatic heterocycles. The predicted octanol–water partition coefficient (Wildman–Crippen LogP) is 2.95. The maximum atomic E-state index is 3.71. The van der Waals surface area contributed by atoms with E-state index in [2.05, 4.69) is 49.6 Å². The second kappa shape index (κ2) is 6.35. The van der Waals surface area contributed by atoms with E-state index in [1.165, 1.54) is 42.6 Å². The molecule has 2 heteroatoms. The third-order valence-electron chi connectivity index (χ3n) is 4.07. The Hall–Kier alpha value is -0.860. The van der Waals surface area contributed by atoms with E-state index in [9.17, 15) is 0 Å². The van der Waals surface area contributed by atoms with E-state index in [1.54, 1.807) is 0 Å². The lowest BCUT2D eigenvalue weighted by atomic mass is 9.96.